The molecule has 0 amide bonds. The van der Waals surface area contributed by atoms with E-state index in [0.717, 1.165) is 29.7 Å². The van der Waals surface area contributed by atoms with Crippen molar-refractivity contribution in [2.45, 2.75) is 18.3 Å². The van der Waals surface area contributed by atoms with Gasteiger partial charge in [0.1, 0.15) is 0 Å². The SMILES string of the molecule is Cn1nccc1-c1cccc(-c2noc(C3(c4ccccc4)CC3)n2)c1. The van der Waals surface area contributed by atoms with Crippen LogP contribution in [0.4, 0.5) is 0 Å². The highest BCUT2D eigenvalue weighted by Gasteiger charge is 2.50. The van der Waals surface area contributed by atoms with Crippen LogP contribution in [-0.2, 0) is 12.5 Å². The van der Waals surface area contributed by atoms with Gasteiger partial charge in [0.15, 0.2) is 0 Å². The number of benzene rings is 2. The molecule has 1 aliphatic carbocycles. The lowest BCUT2D eigenvalue weighted by atomic mass is 9.96. The molecule has 0 bridgehead atoms. The highest BCUT2D eigenvalue weighted by molar-refractivity contribution is 5.67. The molecule has 0 spiro atoms. The van der Waals surface area contributed by atoms with Gasteiger partial charge in [-0.05, 0) is 30.5 Å². The monoisotopic (exact) mass is 342 g/mol. The van der Waals surface area contributed by atoms with Crippen molar-refractivity contribution in [3.8, 4) is 22.6 Å². The second-order valence-corrected chi connectivity index (χ2v) is 6.79. The zero-order valence-corrected chi connectivity index (χ0v) is 14.5. The number of aryl methyl sites for hydroxylation is 1. The third kappa shape index (κ3) is 2.36. The summed E-state index contributed by atoms with van der Waals surface area (Å²) in [7, 11) is 1.94. The Morgan fingerprint density at radius 1 is 0.962 bits per heavy atom. The van der Waals surface area contributed by atoms with Gasteiger partial charge in [-0.25, -0.2) is 0 Å². The zero-order chi connectivity index (χ0) is 17.6. The highest BCUT2D eigenvalue weighted by atomic mass is 16.5. The molecular weight excluding hydrogens is 324 g/mol. The number of hydrogen-bond donors (Lipinski definition) is 0. The molecule has 2 heterocycles. The number of rotatable bonds is 4. The molecule has 26 heavy (non-hydrogen) atoms. The molecule has 5 rings (SSSR count). The molecule has 0 atom stereocenters. The Morgan fingerprint density at radius 3 is 2.50 bits per heavy atom. The van der Waals surface area contributed by atoms with Gasteiger partial charge < -0.3 is 4.52 Å². The van der Waals surface area contributed by atoms with Gasteiger partial charge >= 0.3 is 0 Å². The van der Waals surface area contributed by atoms with Crippen LogP contribution < -0.4 is 0 Å². The summed E-state index contributed by atoms with van der Waals surface area (Å²) in [6.07, 6.45) is 3.90. The first-order valence-electron chi connectivity index (χ1n) is 8.75. The van der Waals surface area contributed by atoms with Crippen LogP contribution in [0.3, 0.4) is 0 Å². The standard InChI is InChI=1S/C21H18N4O/c1-25-18(10-13-22-25)15-6-5-7-16(14-15)19-23-20(26-24-19)21(11-12-21)17-8-3-2-4-9-17/h2-10,13-14H,11-12H2,1H3. The molecule has 0 unspecified atom stereocenters. The van der Waals surface area contributed by atoms with Crippen LogP contribution in [0, 0.1) is 0 Å². The molecule has 128 valence electrons. The highest BCUT2D eigenvalue weighted by Crippen LogP contribution is 2.52. The van der Waals surface area contributed by atoms with E-state index in [9.17, 15) is 0 Å². The third-order valence-corrected chi connectivity index (χ3v) is 5.15. The van der Waals surface area contributed by atoms with Crippen molar-refractivity contribution in [1.29, 1.82) is 0 Å². The maximum atomic E-state index is 5.68. The molecule has 5 nitrogen and oxygen atoms in total. The fourth-order valence-electron chi connectivity index (χ4n) is 3.52. The predicted molar refractivity (Wildman–Crippen MR) is 98.4 cm³/mol. The van der Waals surface area contributed by atoms with Gasteiger partial charge in [0.2, 0.25) is 11.7 Å². The molecule has 0 N–H and O–H groups in total. The van der Waals surface area contributed by atoms with Crippen molar-refractivity contribution in [3.05, 3.63) is 78.3 Å². The summed E-state index contributed by atoms with van der Waals surface area (Å²) in [4.78, 5) is 4.74. The van der Waals surface area contributed by atoms with Crippen LogP contribution in [0.1, 0.15) is 24.3 Å². The lowest BCUT2D eigenvalue weighted by Crippen LogP contribution is -2.08. The Kier molecular flexibility index (Phi) is 3.28. The third-order valence-electron chi connectivity index (χ3n) is 5.15. The summed E-state index contributed by atoms with van der Waals surface area (Å²) in [5, 5.41) is 8.50. The minimum Gasteiger partial charge on any atom is -0.338 e. The van der Waals surface area contributed by atoms with Crippen LogP contribution >= 0.6 is 0 Å². The largest absolute Gasteiger partial charge is 0.338 e. The van der Waals surface area contributed by atoms with E-state index in [4.69, 9.17) is 9.51 Å². The maximum Gasteiger partial charge on any atom is 0.237 e. The van der Waals surface area contributed by atoms with Gasteiger partial charge in [0.05, 0.1) is 11.1 Å². The minimum atomic E-state index is -0.105. The lowest BCUT2D eigenvalue weighted by Gasteiger charge is -2.09. The number of nitrogens with zero attached hydrogens (tertiary/aromatic N) is 4. The molecule has 5 heteroatoms. The van der Waals surface area contributed by atoms with Gasteiger partial charge in [0.25, 0.3) is 0 Å². The summed E-state index contributed by atoms with van der Waals surface area (Å²) in [5.41, 5.74) is 4.23. The fourth-order valence-corrected chi connectivity index (χ4v) is 3.52. The minimum absolute atomic E-state index is 0.105. The first kappa shape index (κ1) is 15.1. The van der Waals surface area contributed by atoms with Crippen LogP contribution in [-0.4, -0.2) is 19.9 Å². The first-order valence-corrected chi connectivity index (χ1v) is 8.75. The molecule has 0 radical (unpaired) electrons. The van der Waals surface area contributed by atoms with E-state index in [-0.39, 0.29) is 5.41 Å². The van der Waals surface area contributed by atoms with Crippen molar-refractivity contribution in [2.75, 3.05) is 0 Å². The zero-order valence-electron chi connectivity index (χ0n) is 14.5. The molecule has 2 aromatic carbocycles. The predicted octanol–water partition coefficient (Wildman–Crippen LogP) is 4.22. The Bertz CT molecular complexity index is 1060. The fraction of sp³-hybridized carbons (Fsp3) is 0.190. The van der Waals surface area contributed by atoms with Gasteiger partial charge in [0, 0.05) is 24.4 Å². The van der Waals surface area contributed by atoms with E-state index >= 15 is 0 Å². The molecular formula is C21H18N4O. The Morgan fingerprint density at radius 2 is 1.77 bits per heavy atom. The second kappa shape index (κ2) is 5.66. The number of hydrogen-bond acceptors (Lipinski definition) is 4. The van der Waals surface area contributed by atoms with Crippen molar-refractivity contribution < 1.29 is 4.52 Å². The van der Waals surface area contributed by atoms with Gasteiger partial charge in [-0.2, -0.15) is 10.1 Å². The van der Waals surface area contributed by atoms with E-state index in [1.165, 1.54) is 5.56 Å². The van der Waals surface area contributed by atoms with E-state index < -0.39 is 0 Å². The van der Waals surface area contributed by atoms with Crippen LogP contribution in [0.25, 0.3) is 22.6 Å². The second-order valence-electron chi connectivity index (χ2n) is 6.79. The summed E-state index contributed by atoms with van der Waals surface area (Å²) in [6.45, 7) is 0. The summed E-state index contributed by atoms with van der Waals surface area (Å²) >= 11 is 0. The summed E-state index contributed by atoms with van der Waals surface area (Å²) in [6, 6.07) is 20.6. The Hall–Kier alpha value is -3.21. The molecule has 1 saturated carbocycles. The molecule has 0 aliphatic heterocycles. The van der Waals surface area contributed by atoms with Crippen LogP contribution in [0.5, 0.6) is 0 Å². The molecule has 2 aromatic heterocycles. The molecule has 4 aromatic rings. The first-order chi connectivity index (χ1) is 12.8. The van der Waals surface area contributed by atoms with Gasteiger partial charge in [-0.1, -0.05) is 53.7 Å². The van der Waals surface area contributed by atoms with E-state index in [2.05, 4.69) is 46.7 Å². The average Bonchev–Trinajstić information content (AvgIpc) is 3.13. The van der Waals surface area contributed by atoms with Crippen molar-refractivity contribution in [1.82, 2.24) is 19.9 Å². The van der Waals surface area contributed by atoms with Crippen LogP contribution in [0.15, 0.2) is 71.4 Å². The quantitative estimate of drug-likeness (QED) is 0.557. The molecule has 1 aliphatic rings. The smallest absolute Gasteiger partial charge is 0.237 e. The maximum absolute atomic E-state index is 5.68. The van der Waals surface area contributed by atoms with E-state index in [0.29, 0.717) is 11.7 Å². The summed E-state index contributed by atoms with van der Waals surface area (Å²) < 4.78 is 7.53. The topological polar surface area (TPSA) is 56.7 Å². The van der Waals surface area contributed by atoms with Gasteiger partial charge in [-0.15, -0.1) is 0 Å². The van der Waals surface area contributed by atoms with E-state index in [1.54, 1.807) is 6.20 Å². The summed E-state index contributed by atoms with van der Waals surface area (Å²) in [5.74, 6) is 1.34. The Labute approximate surface area is 151 Å². The molecule has 1 fully saturated rings. The number of aromatic nitrogens is 4. The van der Waals surface area contributed by atoms with Gasteiger partial charge in [-0.3, -0.25) is 4.68 Å². The van der Waals surface area contributed by atoms with Crippen LogP contribution in [0.2, 0.25) is 0 Å². The van der Waals surface area contributed by atoms with Crippen molar-refractivity contribution in [3.63, 3.8) is 0 Å². The van der Waals surface area contributed by atoms with Crippen molar-refractivity contribution >= 4 is 0 Å². The van der Waals surface area contributed by atoms with Crippen molar-refractivity contribution in [2.24, 2.45) is 7.05 Å². The van der Waals surface area contributed by atoms with E-state index in [1.807, 2.05) is 36.0 Å². The lowest BCUT2D eigenvalue weighted by molar-refractivity contribution is 0.360. The Balaban J connectivity index is 1.51. The average molecular weight is 342 g/mol. The normalized spacial score (nSPS) is 15.1. The molecule has 0 saturated heterocycles.